The second-order valence-electron chi connectivity index (χ2n) is 15.2. The van der Waals surface area contributed by atoms with E-state index in [1.54, 1.807) is 0 Å². The van der Waals surface area contributed by atoms with Crippen molar-refractivity contribution in [3.63, 3.8) is 0 Å². The maximum atomic E-state index is 12.8. The molecular weight excluding hydrogens is 424 g/mol. The summed E-state index contributed by atoms with van der Waals surface area (Å²) in [4.78, 5) is 12.8. The number of carbonyl (C=O) groups is 1. The predicted octanol–water partition coefficient (Wildman–Crippen LogP) is 6.20. The van der Waals surface area contributed by atoms with Crippen molar-refractivity contribution in [3.8, 4) is 0 Å². The van der Waals surface area contributed by atoms with Gasteiger partial charge >= 0.3 is 5.97 Å². The molecule has 192 valence electrons. The van der Waals surface area contributed by atoms with Gasteiger partial charge in [0.1, 0.15) is 5.41 Å². The molecule has 4 nitrogen and oxygen atoms in total. The number of aliphatic hydroxyl groups is 2. The number of allylic oxidation sites excluding steroid dienone is 2. The number of carboxylic acid groups (broad SMARTS) is 1. The first-order valence-corrected chi connectivity index (χ1v) is 13.9. The van der Waals surface area contributed by atoms with E-state index in [-0.39, 0.29) is 39.1 Å². The van der Waals surface area contributed by atoms with E-state index >= 15 is 0 Å². The van der Waals surface area contributed by atoms with Crippen LogP contribution in [0.5, 0.6) is 0 Å². The fraction of sp³-hybridized carbons (Fsp3) is 0.900. The topological polar surface area (TPSA) is 77.8 Å². The van der Waals surface area contributed by atoms with Gasteiger partial charge in [-0.25, -0.2) is 0 Å². The Labute approximate surface area is 206 Å². The number of hydrogen-bond acceptors (Lipinski definition) is 3. The number of hydrogen-bond donors (Lipinski definition) is 3. The molecule has 5 rings (SSSR count). The molecule has 0 aromatic rings. The maximum Gasteiger partial charge on any atom is 0.312 e. The van der Waals surface area contributed by atoms with Crippen LogP contribution in [0.1, 0.15) is 106 Å². The van der Waals surface area contributed by atoms with Crippen LogP contribution in [0.15, 0.2) is 11.6 Å². The standard InChI is InChI=1S/C30H48O4/c1-25(2)14-15-30(24(33)34)19(16-25)18-8-9-21-27(5)12-11-22(31)26(3,4)20(27)10-13-28(21,6)29(18,7)17-23(30)32/h8,19-23,31-32H,9-17H2,1-7H3,(H,33,34)/t19?,20?,21-,22+,23-,27+,28-,29?,30-/m1/s1. The van der Waals surface area contributed by atoms with E-state index in [1.165, 1.54) is 5.57 Å². The monoisotopic (exact) mass is 472 g/mol. The minimum atomic E-state index is -1.04. The quantitative estimate of drug-likeness (QED) is 0.397. The molecule has 0 radical (unpaired) electrons. The van der Waals surface area contributed by atoms with Crippen molar-refractivity contribution in [2.24, 2.45) is 50.2 Å². The lowest BCUT2D eigenvalue weighted by molar-refractivity contribution is -0.218. The van der Waals surface area contributed by atoms with E-state index in [2.05, 4.69) is 54.5 Å². The summed E-state index contributed by atoms with van der Waals surface area (Å²) in [7, 11) is 0. The summed E-state index contributed by atoms with van der Waals surface area (Å²) in [5.74, 6) is 0.0888. The summed E-state index contributed by atoms with van der Waals surface area (Å²) < 4.78 is 0. The second kappa shape index (κ2) is 7.12. The molecule has 3 unspecified atom stereocenters. The lowest BCUT2D eigenvalue weighted by Crippen LogP contribution is -2.67. The van der Waals surface area contributed by atoms with Crippen LogP contribution in [0.4, 0.5) is 0 Å². The first kappa shape index (κ1) is 24.8. The minimum Gasteiger partial charge on any atom is -0.481 e. The average Bonchev–Trinajstić information content (AvgIpc) is 2.71. The minimum absolute atomic E-state index is 0.0218. The van der Waals surface area contributed by atoms with Crippen LogP contribution >= 0.6 is 0 Å². The van der Waals surface area contributed by atoms with Gasteiger partial charge in [0.05, 0.1) is 12.2 Å². The maximum absolute atomic E-state index is 12.8. The van der Waals surface area contributed by atoms with Crippen molar-refractivity contribution < 1.29 is 20.1 Å². The Kier molecular flexibility index (Phi) is 5.20. The highest BCUT2D eigenvalue weighted by Gasteiger charge is 2.71. The molecule has 0 amide bonds. The molecule has 5 aliphatic carbocycles. The lowest BCUT2D eigenvalue weighted by Gasteiger charge is -2.71. The van der Waals surface area contributed by atoms with Gasteiger partial charge in [-0.3, -0.25) is 4.79 Å². The summed E-state index contributed by atoms with van der Waals surface area (Å²) in [6, 6.07) is 0. The van der Waals surface area contributed by atoms with Crippen molar-refractivity contribution in [1.29, 1.82) is 0 Å². The zero-order chi connectivity index (χ0) is 25.1. The van der Waals surface area contributed by atoms with Crippen LogP contribution in [0, 0.1) is 50.2 Å². The molecule has 4 saturated carbocycles. The Morgan fingerprint density at radius 2 is 1.53 bits per heavy atom. The SMILES string of the molecule is CC1(C)CC[C@@]2(C(=O)O)C(C1)C1=CC[C@@H]3[C@@]4(C)CC[C@H](O)C(C)(C)C4CC[C@@]3(C)C1(C)C[C@H]2O. The summed E-state index contributed by atoms with van der Waals surface area (Å²) in [5.41, 5.74) is 0.295. The first-order valence-electron chi connectivity index (χ1n) is 13.9. The zero-order valence-electron chi connectivity index (χ0n) is 22.6. The van der Waals surface area contributed by atoms with Gasteiger partial charge in [-0.1, -0.05) is 60.1 Å². The van der Waals surface area contributed by atoms with E-state index in [4.69, 9.17) is 0 Å². The highest BCUT2D eigenvalue weighted by Crippen LogP contribution is 2.75. The van der Waals surface area contributed by atoms with E-state index < -0.39 is 17.5 Å². The second-order valence-corrected chi connectivity index (χ2v) is 15.2. The van der Waals surface area contributed by atoms with E-state index in [9.17, 15) is 20.1 Å². The molecule has 9 atom stereocenters. The van der Waals surface area contributed by atoms with Gasteiger partial charge in [0.25, 0.3) is 0 Å². The zero-order valence-corrected chi connectivity index (χ0v) is 22.6. The predicted molar refractivity (Wildman–Crippen MR) is 134 cm³/mol. The van der Waals surface area contributed by atoms with Gasteiger partial charge in [0, 0.05) is 0 Å². The molecular formula is C30H48O4. The van der Waals surface area contributed by atoms with E-state index in [0.29, 0.717) is 24.7 Å². The molecule has 4 fully saturated rings. The lowest BCUT2D eigenvalue weighted by atomic mass is 9.33. The first-order chi connectivity index (χ1) is 15.6. The fourth-order valence-corrected chi connectivity index (χ4v) is 10.7. The molecule has 0 aromatic heterocycles. The average molecular weight is 473 g/mol. The van der Waals surface area contributed by atoms with E-state index in [0.717, 1.165) is 44.9 Å². The third-order valence-electron chi connectivity index (χ3n) is 13.1. The summed E-state index contributed by atoms with van der Waals surface area (Å²) in [5, 5.41) is 33.1. The summed E-state index contributed by atoms with van der Waals surface area (Å²) in [6.45, 7) is 16.4. The van der Waals surface area contributed by atoms with Gasteiger partial charge < -0.3 is 15.3 Å². The number of aliphatic hydroxyl groups excluding tert-OH is 2. The largest absolute Gasteiger partial charge is 0.481 e. The molecule has 0 bridgehead atoms. The molecule has 0 aromatic carbocycles. The van der Waals surface area contributed by atoms with Gasteiger partial charge in [-0.2, -0.15) is 0 Å². The van der Waals surface area contributed by atoms with Crippen LogP contribution in [0.25, 0.3) is 0 Å². The molecule has 0 saturated heterocycles. The van der Waals surface area contributed by atoms with Crippen LogP contribution < -0.4 is 0 Å². The number of carboxylic acids is 1. The summed E-state index contributed by atoms with van der Waals surface area (Å²) in [6.07, 6.45) is 9.35. The Hall–Kier alpha value is -0.870. The molecule has 4 heteroatoms. The third-order valence-corrected chi connectivity index (χ3v) is 13.1. The normalized spacial score (nSPS) is 53.4. The Morgan fingerprint density at radius 3 is 2.18 bits per heavy atom. The summed E-state index contributed by atoms with van der Waals surface area (Å²) >= 11 is 0. The smallest absolute Gasteiger partial charge is 0.312 e. The molecule has 0 heterocycles. The van der Waals surface area contributed by atoms with Crippen LogP contribution in [-0.4, -0.2) is 33.5 Å². The molecule has 34 heavy (non-hydrogen) atoms. The number of rotatable bonds is 1. The Balaban J connectivity index is 1.63. The molecule has 0 spiro atoms. The van der Waals surface area contributed by atoms with Gasteiger partial charge in [-0.15, -0.1) is 0 Å². The Morgan fingerprint density at radius 1 is 0.853 bits per heavy atom. The van der Waals surface area contributed by atoms with Crippen molar-refractivity contribution >= 4 is 5.97 Å². The van der Waals surface area contributed by atoms with Gasteiger partial charge in [-0.05, 0) is 103 Å². The van der Waals surface area contributed by atoms with Crippen molar-refractivity contribution in [1.82, 2.24) is 0 Å². The highest BCUT2D eigenvalue weighted by molar-refractivity contribution is 5.77. The third kappa shape index (κ3) is 2.82. The van der Waals surface area contributed by atoms with Crippen LogP contribution in [0.3, 0.4) is 0 Å². The van der Waals surface area contributed by atoms with Gasteiger partial charge in [0.15, 0.2) is 0 Å². The van der Waals surface area contributed by atoms with Gasteiger partial charge in [0.2, 0.25) is 0 Å². The van der Waals surface area contributed by atoms with Crippen molar-refractivity contribution in [3.05, 3.63) is 11.6 Å². The van der Waals surface area contributed by atoms with Crippen LogP contribution in [-0.2, 0) is 4.79 Å². The number of aliphatic carboxylic acids is 1. The number of fused-ring (bicyclic) bond motifs is 7. The van der Waals surface area contributed by atoms with Crippen molar-refractivity contribution in [2.45, 2.75) is 118 Å². The highest BCUT2D eigenvalue weighted by atomic mass is 16.4. The molecule has 5 aliphatic rings. The van der Waals surface area contributed by atoms with Crippen molar-refractivity contribution in [2.75, 3.05) is 0 Å². The van der Waals surface area contributed by atoms with Crippen LogP contribution in [0.2, 0.25) is 0 Å². The molecule has 3 N–H and O–H groups in total. The van der Waals surface area contributed by atoms with E-state index in [1.807, 2.05) is 0 Å². The molecule has 0 aliphatic heterocycles. The fourth-order valence-electron chi connectivity index (χ4n) is 10.7. The Bertz CT molecular complexity index is 919.